The largest absolute Gasteiger partial charge is 0.339 e. The summed E-state index contributed by atoms with van der Waals surface area (Å²) in [7, 11) is 0. The van der Waals surface area contributed by atoms with Crippen molar-refractivity contribution in [1.29, 1.82) is 0 Å². The first-order valence-corrected chi connectivity index (χ1v) is 10.4. The zero-order chi connectivity index (χ0) is 20.4. The van der Waals surface area contributed by atoms with Gasteiger partial charge in [-0.05, 0) is 30.0 Å². The Labute approximate surface area is 170 Å². The monoisotopic (exact) mass is 419 g/mol. The van der Waals surface area contributed by atoms with Gasteiger partial charge in [-0.25, -0.2) is 13.8 Å². The molecule has 2 heterocycles. The molecule has 1 saturated carbocycles. The summed E-state index contributed by atoms with van der Waals surface area (Å²) in [5, 5.41) is 2.25. The Hall–Kier alpha value is -2.61. The van der Waals surface area contributed by atoms with E-state index >= 15 is 0 Å². The molecule has 0 atom stereocenters. The third-order valence-electron chi connectivity index (χ3n) is 5.24. The highest BCUT2D eigenvalue weighted by Gasteiger charge is 2.20. The second kappa shape index (κ2) is 8.41. The molecule has 1 aliphatic rings. The molecule has 29 heavy (non-hydrogen) atoms. The number of thiazole rings is 1. The van der Waals surface area contributed by atoms with Gasteiger partial charge in [-0.1, -0.05) is 43.1 Å². The van der Waals surface area contributed by atoms with E-state index in [1.165, 1.54) is 25.0 Å². The number of aromatic nitrogens is 2. The van der Waals surface area contributed by atoms with E-state index in [1.807, 2.05) is 6.20 Å². The Kier molecular flexibility index (Phi) is 5.71. The standard InChI is InChI=1S/C21H20F3N3OS/c22-16-6-5-15(17(23)9-16)12-27-11-14(7-13-3-1-2-4-13)8-18(27)20(28)26-21-25-10-19(24)29-21/h5-6,8-11,13H,1-4,7,12H2,(H,25,26,28). The molecule has 3 aromatic rings. The Morgan fingerprint density at radius 1 is 1.21 bits per heavy atom. The van der Waals surface area contributed by atoms with Crippen LogP contribution in [0.25, 0.3) is 0 Å². The summed E-state index contributed by atoms with van der Waals surface area (Å²) in [6, 6.07) is 5.19. The molecule has 0 bridgehead atoms. The Morgan fingerprint density at radius 3 is 2.69 bits per heavy atom. The fourth-order valence-electron chi connectivity index (χ4n) is 3.86. The maximum Gasteiger partial charge on any atom is 0.274 e. The highest BCUT2D eigenvalue weighted by Crippen LogP contribution is 2.29. The summed E-state index contributed by atoms with van der Waals surface area (Å²) in [5.41, 5.74) is 1.61. The maximum atomic E-state index is 14.1. The summed E-state index contributed by atoms with van der Waals surface area (Å²) in [6.07, 6.45) is 8.50. The van der Waals surface area contributed by atoms with Gasteiger partial charge in [0.05, 0.1) is 12.7 Å². The predicted octanol–water partition coefficient (Wildman–Crippen LogP) is 5.40. The molecule has 152 valence electrons. The van der Waals surface area contributed by atoms with Crippen LogP contribution in [0.15, 0.2) is 36.7 Å². The van der Waals surface area contributed by atoms with Crippen LogP contribution in [0.3, 0.4) is 0 Å². The average molecular weight is 419 g/mol. The minimum atomic E-state index is -0.663. The van der Waals surface area contributed by atoms with Gasteiger partial charge in [-0.2, -0.15) is 4.39 Å². The molecule has 4 rings (SSSR count). The third-order valence-corrected chi connectivity index (χ3v) is 5.94. The van der Waals surface area contributed by atoms with Crippen LogP contribution < -0.4 is 5.32 Å². The van der Waals surface area contributed by atoms with Crippen molar-refractivity contribution in [3.05, 3.63) is 70.2 Å². The van der Waals surface area contributed by atoms with E-state index in [0.29, 0.717) is 11.6 Å². The van der Waals surface area contributed by atoms with Gasteiger partial charge in [-0.15, -0.1) is 0 Å². The van der Waals surface area contributed by atoms with Crippen molar-refractivity contribution in [1.82, 2.24) is 9.55 Å². The number of rotatable bonds is 6. The van der Waals surface area contributed by atoms with Crippen molar-refractivity contribution >= 4 is 22.4 Å². The number of nitrogens with zero attached hydrogens (tertiary/aromatic N) is 2. The molecule has 0 radical (unpaired) electrons. The molecule has 2 aromatic heterocycles. The first-order valence-electron chi connectivity index (χ1n) is 9.53. The van der Waals surface area contributed by atoms with Gasteiger partial charge in [0.25, 0.3) is 5.91 Å². The van der Waals surface area contributed by atoms with Crippen LogP contribution in [0.5, 0.6) is 0 Å². The van der Waals surface area contributed by atoms with Gasteiger partial charge >= 0.3 is 0 Å². The third kappa shape index (κ3) is 4.70. The molecule has 0 unspecified atom stereocenters. The number of hydrogen-bond donors (Lipinski definition) is 1. The SMILES string of the molecule is O=C(Nc1ncc(F)s1)c1cc(CC2CCCC2)cn1Cc1ccc(F)cc1F. The summed E-state index contributed by atoms with van der Waals surface area (Å²) < 4.78 is 42.2. The molecule has 8 heteroatoms. The summed E-state index contributed by atoms with van der Waals surface area (Å²) in [6.45, 7) is 0.0891. The summed E-state index contributed by atoms with van der Waals surface area (Å²) in [5.74, 6) is -1.18. The van der Waals surface area contributed by atoms with Gasteiger partial charge in [-0.3, -0.25) is 10.1 Å². The maximum absolute atomic E-state index is 14.1. The average Bonchev–Trinajstić information content (AvgIpc) is 3.40. The zero-order valence-corrected chi connectivity index (χ0v) is 16.4. The normalized spacial score (nSPS) is 14.4. The summed E-state index contributed by atoms with van der Waals surface area (Å²) >= 11 is 0.737. The molecule has 0 aliphatic heterocycles. The molecule has 4 nitrogen and oxygen atoms in total. The van der Waals surface area contributed by atoms with E-state index < -0.39 is 22.7 Å². The molecule has 0 saturated heterocycles. The van der Waals surface area contributed by atoms with Crippen molar-refractivity contribution in [2.45, 2.75) is 38.6 Å². The number of amides is 1. The number of carbonyl (C=O) groups is 1. The minimum absolute atomic E-state index is 0.0891. The Morgan fingerprint density at radius 2 is 2.00 bits per heavy atom. The van der Waals surface area contributed by atoms with Gasteiger partial charge in [0.15, 0.2) is 10.3 Å². The fourth-order valence-corrected chi connectivity index (χ4v) is 4.40. The van der Waals surface area contributed by atoms with Crippen molar-refractivity contribution in [2.24, 2.45) is 5.92 Å². The van der Waals surface area contributed by atoms with Crippen LogP contribution in [0.1, 0.15) is 47.3 Å². The van der Waals surface area contributed by atoms with Gasteiger partial charge in [0.1, 0.15) is 17.3 Å². The number of benzene rings is 1. The second-order valence-electron chi connectivity index (χ2n) is 7.38. The van der Waals surface area contributed by atoms with Crippen molar-refractivity contribution in [2.75, 3.05) is 5.32 Å². The number of anilines is 1. The van der Waals surface area contributed by atoms with Crippen molar-refractivity contribution in [3.8, 4) is 0 Å². The molecular formula is C21H20F3N3OS. The first-order chi connectivity index (χ1) is 14.0. The minimum Gasteiger partial charge on any atom is -0.339 e. The van der Waals surface area contributed by atoms with Crippen LogP contribution in [-0.2, 0) is 13.0 Å². The predicted molar refractivity (Wildman–Crippen MR) is 106 cm³/mol. The molecule has 1 aliphatic carbocycles. The van der Waals surface area contributed by atoms with E-state index in [0.717, 1.165) is 48.4 Å². The lowest BCUT2D eigenvalue weighted by atomic mass is 10.00. The van der Waals surface area contributed by atoms with E-state index in [9.17, 15) is 18.0 Å². The number of hydrogen-bond acceptors (Lipinski definition) is 3. The van der Waals surface area contributed by atoms with Gasteiger partial charge in [0, 0.05) is 17.8 Å². The fraction of sp³-hybridized carbons (Fsp3) is 0.333. The van der Waals surface area contributed by atoms with E-state index in [4.69, 9.17) is 0 Å². The van der Waals surface area contributed by atoms with E-state index in [-0.39, 0.29) is 17.2 Å². The van der Waals surface area contributed by atoms with E-state index in [1.54, 1.807) is 10.6 Å². The highest BCUT2D eigenvalue weighted by atomic mass is 32.1. The van der Waals surface area contributed by atoms with E-state index in [2.05, 4.69) is 10.3 Å². The van der Waals surface area contributed by atoms with Crippen molar-refractivity contribution in [3.63, 3.8) is 0 Å². The van der Waals surface area contributed by atoms with Crippen molar-refractivity contribution < 1.29 is 18.0 Å². The molecule has 1 amide bonds. The lowest BCUT2D eigenvalue weighted by molar-refractivity contribution is 0.101. The molecular weight excluding hydrogens is 399 g/mol. The summed E-state index contributed by atoms with van der Waals surface area (Å²) in [4.78, 5) is 16.6. The van der Waals surface area contributed by atoms with Gasteiger partial charge in [0.2, 0.25) is 0 Å². The lowest BCUT2D eigenvalue weighted by Crippen LogP contribution is -2.17. The molecule has 0 spiro atoms. The zero-order valence-electron chi connectivity index (χ0n) is 15.6. The van der Waals surface area contributed by atoms with Crippen LogP contribution in [0.4, 0.5) is 18.3 Å². The Bertz CT molecular complexity index is 1020. The van der Waals surface area contributed by atoms with Crippen LogP contribution >= 0.6 is 11.3 Å². The number of halogens is 3. The topological polar surface area (TPSA) is 46.9 Å². The number of nitrogens with one attached hydrogen (secondary N) is 1. The Balaban J connectivity index is 1.61. The van der Waals surface area contributed by atoms with Crippen LogP contribution in [-0.4, -0.2) is 15.5 Å². The molecule has 1 fully saturated rings. The first kappa shape index (κ1) is 19.7. The molecule has 1 N–H and O–H groups in total. The molecule has 1 aromatic carbocycles. The second-order valence-corrected chi connectivity index (χ2v) is 8.36. The van der Waals surface area contributed by atoms with Crippen LogP contribution in [0, 0.1) is 22.7 Å². The number of carbonyl (C=O) groups excluding carboxylic acids is 1. The van der Waals surface area contributed by atoms with Crippen LogP contribution in [0.2, 0.25) is 0 Å². The smallest absolute Gasteiger partial charge is 0.274 e. The highest BCUT2D eigenvalue weighted by molar-refractivity contribution is 7.14. The van der Waals surface area contributed by atoms with Gasteiger partial charge < -0.3 is 4.57 Å². The lowest BCUT2D eigenvalue weighted by Gasteiger charge is -2.10. The quantitative estimate of drug-likeness (QED) is 0.582.